The topological polar surface area (TPSA) is 50.5 Å². The first-order valence-corrected chi connectivity index (χ1v) is 9.33. The highest BCUT2D eigenvalue weighted by atomic mass is 35.5. The van der Waals surface area contributed by atoms with Crippen molar-refractivity contribution in [1.29, 1.82) is 0 Å². The first-order valence-electron chi connectivity index (χ1n) is 8.57. The number of benzene rings is 1. The van der Waals surface area contributed by atoms with Crippen LogP contribution in [0.1, 0.15) is 19.8 Å². The van der Waals surface area contributed by atoms with E-state index in [1.165, 1.54) is 0 Å². The summed E-state index contributed by atoms with van der Waals surface area (Å²) < 4.78 is 7.47. The first kappa shape index (κ1) is 18.5. The zero-order valence-electron chi connectivity index (χ0n) is 14.2. The first-order chi connectivity index (χ1) is 12.0. The zero-order valence-corrected chi connectivity index (χ0v) is 15.7. The van der Waals surface area contributed by atoms with Gasteiger partial charge in [-0.3, -0.25) is 4.90 Å². The number of hydrogen-bond acceptors (Lipinski definition) is 4. The van der Waals surface area contributed by atoms with Crippen LogP contribution in [0.2, 0.25) is 10.0 Å². The average molecular weight is 384 g/mol. The maximum atomic E-state index is 9.65. The third kappa shape index (κ3) is 4.88. The van der Waals surface area contributed by atoms with Gasteiger partial charge in [-0.2, -0.15) is 0 Å². The number of ether oxygens (including phenoxy) is 1. The molecule has 25 heavy (non-hydrogen) atoms. The van der Waals surface area contributed by atoms with E-state index in [1.54, 1.807) is 16.8 Å². The Morgan fingerprint density at radius 2 is 2.00 bits per heavy atom. The molecule has 1 atom stereocenters. The van der Waals surface area contributed by atoms with Crippen LogP contribution in [0.4, 0.5) is 0 Å². The van der Waals surface area contributed by atoms with Gasteiger partial charge in [0.15, 0.2) is 0 Å². The molecule has 7 heteroatoms. The monoisotopic (exact) mass is 383 g/mol. The molecule has 2 aromatic rings. The molecule has 1 unspecified atom stereocenters. The Morgan fingerprint density at radius 1 is 1.24 bits per heavy atom. The van der Waals surface area contributed by atoms with Crippen LogP contribution in [0.25, 0.3) is 5.69 Å². The van der Waals surface area contributed by atoms with Crippen molar-refractivity contribution in [1.82, 2.24) is 14.7 Å². The second kappa shape index (κ2) is 8.41. The largest absolute Gasteiger partial charge is 0.475 e. The van der Waals surface area contributed by atoms with Gasteiger partial charge in [0.25, 0.3) is 0 Å². The summed E-state index contributed by atoms with van der Waals surface area (Å²) in [4.78, 5) is 2.37. The second-order valence-corrected chi connectivity index (χ2v) is 7.28. The summed E-state index contributed by atoms with van der Waals surface area (Å²) in [5.74, 6) is 1.02. The van der Waals surface area contributed by atoms with Crippen molar-refractivity contribution in [3.63, 3.8) is 0 Å². The molecule has 0 saturated carbocycles. The number of hydrogen-bond donors (Lipinski definition) is 1. The van der Waals surface area contributed by atoms with Crippen LogP contribution in [0.5, 0.6) is 5.88 Å². The SMILES string of the molecule is CC(O)C1CCN(CCOc2ccn(-c3ccc(Cl)c(Cl)c3)n2)CC1. The van der Waals surface area contributed by atoms with Gasteiger partial charge in [0.05, 0.1) is 21.8 Å². The highest BCUT2D eigenvalue weighted by Crippen LogP contribution is 2.25. The Kier molecular flexibility index (Phi) is 6.23. The Labute approximate surface area is 158 Å². The number of aliphatic hydroxyl groups excluding tert-OH is 1. The van der Waals surface area contributed by atoms with Crippen molar-refractivity contribution in [2.24, 2.45) is 5.92 Å². The molecular weight excluding hydrogens is 361 g/mol. The molecule has 1 saturated heterocycles. The predicted octanol–water partition coefficient (Wildman–Crippen LogP) is 3.65. The minimum absolute atomic E-state index is 0.205. The highest BCUT2D eigenvalue weighted by molar-refractivity contribution is 6.42. The van der Waals surface area contributed by atoms with Crippen molar-refractivity contribution < 1.29 is 9.84 Å². The maximum Gasteiger partial charge on any atom is 0.233 e. The van der Waals surface area contributed by atoms with E-state index in [4.69, 9.17) is 27.9 Å². The van der Waals surface area contributed by atoms with Crippen molar-refractivity contribution in [2.75, 3.05) is 26.2 Å². The molecular formula is C18H23Cl2N3O2. The average Bonchev–Trinajstić information content (AvgIpc) is 3.07. The van der Waals surface area contributed by atoms with Gasteiger partial charge < -0.3 is 9.84 Å². The van der Waals surface area contributed by atoms with Crippen LogP contribution < -0.4 is 4.74 Å². The number of rotatable bonds is 6. The molecule has 3 rings (SSSR count). The number of aromatic nitrogens is 2. The van der Waals surface area contributed by atoms with Crippen LogP contribution >= 0.6 is 23.2 Å². The molecule has 0 spiro atoms. The van der Waals surface area contributed by atoms with E-state index in [0.29, 0.717) is 28.5 Å². The smallest absolute Gasteiger partial charge is 0.233 e. The van der Waals surface area contributed by atoms with Gasteiger partial charge in [-0.25, -0.2) is 4.68 Å². The van der Waals surface area contributed by atoms with Gasteiger partial charge in [0.1, 0.15) is 6.61 Å². The van der Waals surface area contributed by atoms with Gasteiger partial charge in [-0.1, -0.05) is 23.2 Å². The molecule has 1 aliphatic rings. The lowest BCUT2D eigenvalue weighted by molar-refractivity contribution is 0.0669. The summed E-state index contributed by atoms with van der Waals surface area (Å²) >= 11 is 12.0. The summed E-state index contributed by atoms with van der Waals surface area (Å²) in [6, 6.07) is 7.21. The molecule has 1 aliphatic heterocycles. The Bertz CT molecular complexity index is 697. The van der Waals surface area contributed by atoms with E-state index in [9.17, 15) is 5.11 Å². The zero-order chi connectivity index (χ0) is 17.8. The lowest BCUT2D eigenvalue weighted by atomic mass is 9.92. The van der Waals surface area contributed by atoms with E-state index >= 15 is 0 Å². The highest BCUT2D eigenvalue weighted by Gasteiger charge is 2.22. The fourth-order valence-corrected chi connectivity index (χ4v) is 3.39. The number of likely N-dealkylation sites (tertiary alicyclic amines) is 1. The second-order valence-electron chi connectivity index (χ2n) is 6.47. The molecule has 136 valence electrons. The number of halogens is 2. The quantitative estimate of drug-likeness (QED) is 0.826. The summed E-state index contributed by atoms with van der Waals surface area (Å²) in [6.07, 6.45) is 3.72. The standard InChI is InChI=1S/C18H23Cl2N3O2/c1-13(24)14-4-7-22(8-5-14)10-11-25-18-6-9-23(21-18)15-2-3-16(19)17(20)12-15/h2-3,6,9,12-14,24H,4-5,7-8,10-11H2,1H3. The van der Waals surface area contributed by atoms with Crippen molar-refractivity contribution in [2.45, 2.75) is 25.9 Å². The molecule has 0 radical (unpaired) electrons. The molecule has 1 aromatic heterocycles. The number of aliphatic hydroxyl groups is 1. The lowest BCUT2D eigenvalue weighted by Gasteiger charge is -2.32. The summed E-state index contributed by atoms with van der Waals surface area (Å²) in [7, 11) is 0. The Morgan fingerprint density at radius 3 is 2.68 bits per heavy atom. The third-order valence-electron chi connectivity index (χ3n) is 4.70. The normalized spacial score (nSPS) is 17.6. The van der Waals surface area contributed by atoms with Crippen molar-refractivity contribution in [3.05, 3.63) is 40.5 Å². The van der Waals surface area contributed by atoms with Gasteiger partial charge >= 0.3 is 0 Å². The number of nitrogens with zero attached hydrogens (tertiary/aromatic N) is 3. The van der Waals surface area contributed by atoms with Crippen LogP contribution in [0, 0.1) is 5.92 Å². The molecule has 0 amide bonds. The molecule has 0 bridgehead atoms. The van der Waals surface area contributed by atoms with E-state index in [2.05, 4.69) is 10.00 Å². The summed E-state index contributed by atoms with van der Waals surface area (Å²) in [5.41, 5.74) is 0.837. The van der Waals surface area contributed by atoms with E-state index in [1.807, 2.05) is 25.3 Å². The van der Waals surface area contributed by atoms with E-state index in [0.717, 1.165) is 38.2 Å². The summed E-state index contributed by atoms with van der Waals surface area (Å²) in [5, 5.41) is 15.1. The van der Waals surface area contributed by atoms with Crippen LogP contribution in [-0.2, 0) is 0 Å². The number of piperidine rings is 1. The summed E-state index contributed by atoms with van der Waals surface area (Å²) in [6.45, 7) is 5.37. The van der Waals surface area contributed by atoms with E-state index < -0.39 is 0 Å². The third-order valence-corrected chi connectivity index (χ3v) is 5.44. The van der Waals surface area contributed by atoms with Crippen molar-refractivity contribution >= 4 is 23.2 Å². The molecule has 5 nitrogen and oxygen atoms in total. The molecule has 1 aromatic carbocycles. The Hall–Kier alpha value is -1.27. The Balaban J connectivity index is 1.47. The lowest BCUT2D eigenvalue weighted by Crippen LogP contribution is -2.39. The van der Waals surface area contributed by atoms with Crippen molar-refractivity contribution in [3.8, 4) is 11.6 Å². The van der Waals surface area contributed by atoms with Gasteiger partial charge in [0.2, 0.25) is 5.88 Å². The van der Waals surface area contributed by atoms with Gasteiger partial charge in [0, 0.05) is 18.8 Å². The minimum atomic E-state index is -0.205. The van der Waals surface area contributed by atoms with Crippen LogP contribution in [-0.4, -0.2) is 52.1 Å². The fourth-order valence-electron chi connectivity index (χ4n) is 3.09. The fraction of sp³-hybridized carbons (Fsp3) is 0.500. The molecule has 0 aliphatic carbocycles. The maximum absolute atomic E-state index is 9.65. The molecule has 1 N–H and O–H groups in total. The van der Waals surface area contributed by atoms with Crippen LogP contribution in [0.15, 0.2) is 30.5 Å². The van der Waals surface area contributed by atoms with Crippen LogP contribution in [0.3, 0.4) is 0 Å². The molecule has 1 fully saturated rings. The van der Waals surface area contributed by atoms with E-state index in [-0.39, 0.29) is 6.10 Å². The predicted molar refractivity (Wildman–Crippen MR) is 99.9 cm³/mol. The molecule has 2 heterocycles. The minimum Gasteiger partial charge on any atom is -0.475 e. The van der Waals surface area contributed by atoms with Gasteiger partial charge in [-0.05, 0) is 57.0 Å². The van der Waals surface area contributed by atoms with Gasteiger partial charge in [-0.15, -0.1) is 5.10 Å².